The Bertz CT molecular complexity index is 1170. The summed E-state index contributed by atoms with van der Waals surface area (Å²) >= 11 is 0. The van der Waals surface area contributed by atoms with Gasteiger partial charge in [0, 0.05) is 67.0 Å². The third kappa shape index (κ3) is 3.98. The molecule has 1 atom stereocenters. The number of amides is 3. The van der Waals surface area contributed by atoms with Crippen LogP contribution in [0.2, 0.25) is 0 Å². The second-order valence-corrected chi connectivity index (χ2v) is 8.58. The molecule has 32 heavy (non-hydrogen) atoms. The Balaban J connectivity index is 1.19. The van der Waals surface area contributed by atoms with Gasteiger partial charge in [-0.05, 0) is 60.7 Å². The van der Waals surface area contributed by atoms with Crippen molar-refractivity contribution in [2.24, 2.45) is 5.92 Å². The van der Waals surface area contributed by atoms with Crippen LogP contribution in [-0.2, 0) is 9.59 Å². The minimum atomic E-state index is -0.136. The maximum Gasteiger partial charge on any atom is 0.251 e. The van der Waals surface area contributed by atoms with Gasteiger partial charge >= 0.3 is 0 Å². The van der Waals surface area contributed by atoms with Crippen molar-refractivity contribution in [2.45, 2.75) is 25.7 Å². The lowest BCUT2D eigenvalue weighted by Crippen LogP contribution is -2.35. The zero-order valence-corrected chi connectivity index (χ0v) is 17.8. The number of nitrogens with one attached hydrogen (secondary N) is 2. The molecule has 2 aromatic carbocycles. The Hall–Kier alpha value is -3.61. The second-order valence-electron chi connectivity index (χ2n) is 8.58. The second kappa shape index (κ2) is 8.49. The standard InChI is InChI=1S/C25H26N4O3/c30-23-3-1-2-12-28(23)20-6-8-21(9-7-20)29-16-17(13-24(29)31)15-27-25(32)19-5-4-18-10-11-26-22(18)14-19/h4-11,14,17,26H,1-3,12-13,15-16H2,(H,27,32). The molecule has 7 nitrogen and oxygen atoms in total. The molecule has 3 heterocycles. The van der Waals surface area contributed by atoms with Gasteiger partial charge in [0.15, 0.2) is 0 Å². The van der Waals surface area contributed by atoms with Crippen molar-refractivity contribution in [3.8, 4) is 0 Å². The molecule has 0 aliphatic carbocycles. The van der Waals surface area contributed by atoms with Crippen LogP contribution in [0.5, 0.6) is 0 Å². The molecule has 0 spiro atoms. The first-order valence-corrected chi connectivity index (χ1v) is 11.1. The Morgan fingerprint density at radius 3 is 2.53 bits per heavy atom. The molecule has 0 saturated carbocycles. The summed E-state index contributed by atoms with van der Waals surface area (Å²) in [6, 6.07) is 15.2. The smallest absolute Gasteiger partial charge is 0.251 e. The average molecular weight is 431 g/mol. The summed E-state index contributed by atoms with van der Waals surface area (Å²) in [5, 5.41) is 4.04. The maximum atomic E-state index is 12.6. The van der Waals surface area contributed by atoms with Gasteiger partial charge < -0.3 is 20.1 Å². The molecule has 164 valence electrons. The van der Waals surface area contributed by atoms with Crippen LogP contribution >= 0.6 is 0 Å². The van der Waals surface area contributed by atoms with E-state index in [1.54, 1.807) is 4.90 Å². The molecule has 2 N–H and O–H groups in total. The van der Waals surface area contributed by atoms with Crippen LogP contribution in [0, 0.1) is 5.92 Å². The fraction of sp³-hybridized carbons (Fsp3) is 0.320. The lowest BCUT2D eigenvalue weighted by molar-refractivity contribution is -0.119. The van der Waals surface area contributed by atoms with Crippen molar-refractivity contribution in [1.29, 1.82) is 0 Å². The van der Waals surface area contributed by atoms with Crippen molar-refractivity contribution < 1.29 is 14.4 Å². The number of fused-ring (bicyclic) bond motifs is 1. The largest absolute Gasteiger partial charge is 0.361 e. The highest BCUT2D eigenvalue weighted by molar-refractivity contribution is 5.99. The summed E-state index contributed by atoms with van der Waals surface area (Å²) in [4.78, 5) is 44.0. The first-order valence-electron chi connectivity index (χ1n) is 11.1. The molecule has 0 radical (unpaired) electrons. The lowest BCUT2D eigenvalue weighted by atomic mass is 10.1. The van der Waals surface area contributed by atoms with E-state index in [1.165, 1.54) is 0 Å². The minimum Gasteiger partial charge on any atom is -0.361 e. The van der Waals surface area contributed by atoms with E-state index < -0.39 is 0 Å². The van der Waals surface area contributed by atoms with E-state index in [1.807, 2.05) is 59.6 Å². The van der Waals surface area contributed by atoms with Crippen molar-refractivity contribution >= 4 is 40.0 Å². The molecule has 7 heteroatoms. The number of benzene rings is 2. The normalized spacial score (nSPS) is 19.1. The van der Waals surface area contributed by atoms with Crippen LogP contribution in [-0.4, -0.2) is 42.3 Å². The van der Waals surface area contributed by atoms with Crippen LogP contribution in [0.25, 0.3) is 10.9 Å². The zero-order valence-electron chi connectivity index (χ0n) is 17.8. The Labute approximate surface area is 186 Å². The van der Waals surface area contributed by atoms with Crippen LogP contribution in [0.15, 0.2) is 54.7 Å². The van der Waals surface area contributed by atoms with Crippen LogP contribution in [0.3, 0.4) is 0 Å². The minimum absolute atomic E-state index is 0.0545. The van der Waals surface area contributed by atoms with E-state index in [2.05, 4.69) is 10.3 Å². The van der Waals surface area contributed by atoms with Gasteiger partial charge in [-0.15, -0.1) is 0 Å². The number of carbonyl (C=O) groups excluding carboxylic acids is 3. The fourth-order valence-corrected chi connectivity index (χ4v) is 4.59. The van der Waals surface area contributed by atoms with Crippen molar-refractivity contribution in [3.05, 3.63) is 60.3 Å². The van der Waals surface area contributed by atoms with E-state index in [9.17, 15) is 14.4 Å². The number of piperidine rings is 1. The highest BCUT2D eigenvalue weighted by atomic mass is 16.2. The molecule has 3 amide bonds. The first kappa shape index (κ1) is 20.3. The number of anilines is 2. The van der Waals surface area contributed by atoms with E-state index in [4.69, 9.17) is 0 Å². The topological polar surface area (TPSA) is 85.5 Å². The van der Waals surface area contributed by atoms with Gasteiger partial charge in [-0.25, -0.2) is 0 Å². The average Bonchev–Trinajstić information content (AvgIpc) is 3.43. The number of aromatic amines is 1. The summed E-state index contributed by atoms with van der Waals surface area (Å²) < 4.78 is 0. The third-order valence-electron chi connectivity index (χ3n) is 6.37. The predicted octanol–water partition coefficient (Wildman–Crippen LogP) is 3.47. The van der Waals surface area contributed by atoms with Crippen molar-refractivity contribution in [1.82, 2.24) is 10.3 Å². The van der Waals surface area contributed by atoms with Gasteiger partial charge in [-0.2, -0.15) is 0 Å². The molecule has 2 aliphatic rings. The molecule has 0 bridgehead atoms. The Morgan fingerprint density at radius 1 is 0.969 bits per heavy atom. The van der Waals surface area contributed by atoms with Crippen LogP contribution in [0.1, 0.15) is 36.0 Å². The SMILES string of the molecule is O=C(NCC1CC(=O)N(c2ccc(N3CCCCC3=O)cc2)C1)c1ccc2cc[nH]c2c1. The number of hydrogen-bond acceptors (Lipinski definition) is 3. The molecule has 5 rings (SSSR count). The summed E-state index contributed by atoms with van der Waals surface area (Å²) in [5.41, 5.74) is 3.24. The Kier molecular flexibility index (Phi) is 5.39. The van der Waals surface area contributed by atoms with Gasteiger partial charge in [-0.3, -0.25) is 14.4 Å². The number of hydrogen-bond donors (Lipinski definition) is 2. The molecular weight excluding hydrogens is 404 g/mol. The number of nitrogens with zero attached hydrogens (tertiary/aromatic N) is 2. The lowest BCUT2D eigenvalue weighted by Gasteiger charge is -2.27. The van der Waals surface area contributed by atoms with Gasteiger partial charge in [-0.1, -0.05) is 6.07 Å². The van der Waals surface area contributed by atoms with E-state index >= 15 is 0 Å². The summed E-state index contributed by atoms with van der Waals surface area (Å²) in [7, 11) is 0. The number of H-pyrrole nitrogens is 1. The van der Waals surface area contributed by atoms with Crippen molar-refractivity contribution in [3.63, 3.8) is 0 Å². The molecule has 2 fully saturated rings. The number of rotatable bonds is 5. The maximum absolute atomic E-state index is 12.6. The fourth-order valence-electron chi connectivity index (χ4n) is 4.59. The summed E-state index contributed by atoms with van der Waals surface area (Å²) in [6.45, 7) is 1.76. The molecular formula is C25H26N4O3. The molecule has 3 aromatic rings. The van der Waals surface area contributed by atoms with E-state index in [-0.39, 0.29) is 23.6 Å². The quantitative estimate of drug-likeness (QED) is 0.650. The van der Waals surface area contributed by atoms with E-state index in [0.717, 1.165) is 41.7 Å². The van der Waals surface area contributed by atoms with Gasteiger partial charge in [0.05, 0.1) is 0 Å². The van der Waals surface area contributed by atoms with Gasteiger partial charge in [0.1, 0.15) is 0 Å². The highest BCUT2D eigenvalue weighted by Gasteiger charge is 2.31. The van der Waals surface area contributed by atoms with Crippen LogP contribution < -0.4 is 15.1 Å². The van der Waals surface area contributed by atoms with E-state index in [0.29, 0.717) is 31.5 Å². The molecule has 1 aromatic heterocycles. The Morgan fingerprint density at radius 2 is 1.75 bits per heavy atom. The van der Waals surface area contributed by atoms with Gasteiger partial charge in [0.2, 0.25) is 11.8 Å². The summed E-state index contributed by atoms with van der Waals surface area (Å²) in [5.74, 6) is 0.137. The van der Waals surface area contributed by atoms with Gasteiger partial charge in [0.25, 0.3) is 5.91 Å². The highest BCUT2D eigenvalue weighted by Crippen LogP contribution is 2.28. The zero-order chi connectivity index (χ0) is 22.1. The van der Waals surface area contributed by atoms with Crippen LogP contribution in [0.4, 0.5) is 11.4 Å². The molecule has 2 saturated heterocycles. The molecule has 2 aliphatic heterocycles. The first-order chi connectivity index (χ1) is 15.6. The predicted molar refractivity (Wildman–Crippen MR) is 124 cm³/mol. The number of aromatic nitrogens is 1. The monoisotopic (exact) mass is 430 g/mol. The van der Waals surface area contributed by atoms with Crippen molar-refractivity contribution in [2.75, 3.05) is 29.4 Å². The molecule has 1 unspecified atom stereocenters. The third-order valence-corrected chi connectivity index (χ3v) is 6.37. The summed E-state index contributed by atoms with van der Waals surface area (Å²) in [6.07, 6.45) is 4.82. The number of carbonyl (C=O) groups is 3.